The normalized spacial score (nSPS) is 10.3. The largest absolute Gasteiger partial charge is 0.363 e. The van der Waals surface area contributed by atoms with Crippen LogP contribution in [0.25, 0.3) is 0 Å². The summed E-state index contributed by atoms with van der Waals surface area (Å²) in [5.41, 5.74) is 0.581. The second kappa shape index (κ2) is 6.59. The molecule has 0 bridgehead atoms. The van der Waals surface area contributed by atoms with Crippen molar-refractivity contribution in [1.29, 1.82) is 0 Å². The van der Waals surface area contributed by atoms with E-state index in [9.17, 15) is 4.79 Å². The molecule has 18 heavy (non-hydrogen) atoms. The van der Waals surface area contributed by atoms with Crippen LogP contribution < -0.4 is 4.90 Å². The Labute approximate surface area is 114 Å². The number of nitrogens with zero attached hydrogens (tertiary/aromatic N) is 3. The topological polar surface area (TPSA) is 36.4 Å². The zero-order valence-corrected chi connectivity index (χ0v) is 12.2. The third kappa shape index (κ3) is 3.88. The Bertz CT molecular complexity index is 421. The van der Waals surface area contributed by atoms with E-state index < -0.39 is 0 Å². The highest BCUT2D eigenvalue weighted by atomic mass is 35.5. The number of unbranched alkanes of at least 4 members (excludes halogenated alkanes) is 1. The van der Waals surface area contributed by atoms with E-state index in [1.807, 2.05) is 26.0 Å². The molecule has 4 nitrogen and oxygen atoms in total. The van der Waals surface area contributed by atoms with Crippen LogP contribution in [0.3, 0.4) is 0 Å². The number of hydrogen-bond acceptors (Lipinski definition) is 3. The van der Waals surface area contributed by atoms with Crippen molar-refractivity contribution in [3.05, 3.63) is 22.8 Å². The fourth-order valence-corrected chi connectivity index (χ4v) is 1.76. The number of rotatable bonds is 5. The lowest BCUT2D eigenvalue weighted by Crippen LogP contribution is -2.28. The second-order valence-corrected chi connectivity index (χ2v) is 4.90. The van der Waals surface area contributed by atoms with Crippen molar-refractivity contribution in [2.45, 2.75) is 19.8 Å². The van der Waals surface area contributed by atoms with Crippen molar-refractivity contribution in [2.75, 3.05) is 32.6 Å². The Morgan fingerprint density at radius 1 is 1.33 bits per heavy atom. The van der Waals surface area contributed by atoms with Gasteiger partial charge in [0, 0.05) is 33.3 Å². The van der Waals surface area contributed by atoms with Gasteiger partial charge in [-0.3, -0.25) is 4.79 Å². The molecule has 0 radical (unpaired) electrons. The first-order chi connectivity index (χ1) is 8.45. The van der Waals surface area contributed by atoms with Crippen LogP contribution >= 0.6 is 11.6 Å². The van der Waals surface area contributed by atoms with E-state index in [1.165, 1.54) is 0 Å². The maximum Gasteiger partial charge on any atom is 0.253 e. The molecule has 0 atom stereocenters. The van der Waals surface area contributed by atoms with Crippen LogP contribution in [0.15, 0.2) is 12.1 Å². The van der Waals surface area contributed by atoms with Crippen molar-refractivity contribution in [3.8, 4) is 0 Å². The number of hydrogen-bond donors (Lipinski definition) is 0. The molecule has 100 valence electrons. The van der Waals surface area contributed by atoms with Crippen molar-refractivity contribution in [1.82, 2.24) is 9.88 Å². The molecule has 1 aromatic heterocycles. The summed E-state index contributed by atoms with van der Waals surface area (Å²) >= 11 is 5.94. The molecule has 0 aliphatic rings. The molecule has 1 aromatic rings. The van der Waals surface area contributed by atoms with Crippen LogP contribution in [-0.2, 0) is 0 Å². The van der Waals surface area contributed by atoms with Crippen LogP contribution in [-0.4, -0.2) is 43.5 Å². The van der Waals surface area contributed by atoms with E-state index in [0.29, 0.717) is 16.5 Å². The lowest BCUT2D eigenvalue weighted by Gasteiger charge is -2.18. The molecule has 0 aliphatic heterocycles. The van der Waals surface area contributed by atoms with Gasteiger partial charge >= 0.3 is 0 Å². The van der Waals surface area contributed by atoms with Gasteiger partial charge < -0.3 is 9.80 Å². The standard InChI is InChI=1S/C13H20ClN3O/c1-5-6-7-17(4)13(18)10-8-11(14)15-12(9-10)16(2)3/h8-9H,5-7H2,1-4H3. The molecule has 0 spiro atoms. The fraction of sp³-hybridized carbons (Fsp3) is 0.538. The van der Waals surface area contributed by atoms with E-state index in [2.05, 4.69) is 11.9 Å². The second-order valence-electron chi connectivity index (χ2n) is 4.51. The number of carbonyl (C=O) groups is 1. The summed E-state index contributed by atoms with van der Waals surface area (Å²) in [5.74, 6) is 0.672. The van der Waals surface area contributed by atoms with Gasteiger partial charge in [-0.05, 0) is 18.6 Å². The van der Waals surface area contributed by atoms with Gasteiger partial charge in [0.05, 0.1) is 0 Å². The van der Waals surface area contributed by atoms with Gasteiger partial charge in [0.1, 0.15) is 11.0 Å². The van der Waals surface area contributed by atoms with E-state index in [0.717, 1.165) is 19.4 Å². The number of pyridine rings is 1. The molecular formula is C13H20ClN3O. The van der Waals surface area contributed by atoms with E-state index in [-0.39, 0.29) is 5.91 Å². The van der Waals surface area contributed by atoms with E-state index in [4.69, 9.17) is 11.6 Å². The van der Waals surface area contributed by atoms with Crippen molar-refractivity contribution < 1.29 is 4.79 Å². The summed E-state index contributed by atoms with van der Waals surface area (Å²) in [4.78, 5) is 19.9. The van der Waals surface area contributed by atoms with Crippen LogP contribution in [0, 0.1) is 0 Å². The highest BCUT2D eigenvalue weighted by molar-refractivity contribution is 6.29. The molecule has 0 unspecified atom stereocenters. The lowest BCUT2D eigenvalue weighted by molar-refractivity contribution is 0.0793. The summed E-state index contributed by atoms with van der Waals surface area (Å²) in [6, 6.07) is 3.37. The monoisotopic (exact) mass is 269 g/mol. The molecule has 1 amide bonds. The van der Waals surface area contributed by atoms with E-state index in [1.54, 1.807) is 17.0 Å². The van der Waals surface area contributed by atoms with Crippen molar-refractivity contribution in [3.63, 3.8) is 0 Å². The average Bonchev–Trinajstić information content (AvgIpc) is 2.34. The zero-order valence-electron chi connectivity index (χ0n) is 11.4. The molecule has 0 N–H and O–H groups in total. The molecule has 0 saturated heterocycles. The molecule has 0 saturated carbocycles. The third-order valence-electron chi connectivity index (χ3n) is 2.68. The van der Waals surface area contributed by atoms with Gasteiger partial charge in [-0.25, -0.2) is 4.98 Å². The molecule has 0 aromatic carbocycles. The van der Waals surface area contributed by atoms with Crippen LogP contribution in [0.4, 0.5) is 5.82 Å². The predicted molar refractivity (Wildman–Crippen MR) is 75.4 cm³/mol. The summed E-state index contributed by atoms with van der Waals surface area (Å²) in [6.45, 7) is 2.86. The van der Waals surface area contributed by atoms with Crippen molar-refractivity contribution >= 4 is 23.3 Å². The van der Waals surface area contributed by atoms with E-state index >= 15 is 0 Å². The SMILES string of the molecule is CCCCN(C)C(=O)c1cc(Cl)nc(N(C)C)c1. The Hall–Kier alpha value is -1.29. The zero-order chi connectivity index (χ0) is 13.7. The minimum Gasteiger partial charge on any atom is -0.363 e. The smallest absolute Gasteiger partial charge is 0.253 e. The Morgan fingerprint density at radius 3 is 2.56 bits per heavy atom. The number of anilines is 1. The first-order valence-corrected chi connectivity index (χ1v) is 6.44. The van der Waals surface area contributed by atoms with Gasteiger partial charge in [-0.1, -0.05) is 24.9 Å². The Morgan fingerprint density at radius 2 is 2.00 bits per heavy atom. The quantitative estimate of drug-likeness (QED) is 0.771. The fourth-order valence-electron chi connectivity index (χ4n) is 1.55. The van der Waals surface area contributed by atoms with Gasteiger partial charge in [-0.15, -0.1) is 0 Å². The lowest BCUT2D eigenvalue weighted by atomic mass is 10.2. The highest BCUT2D eigenvalue weighted by Crippen LogP contribution is 2.17. The maximum absolute atomic E-state index is 12.2. The first kappa shape index (κ1) is 14.8. The van der Waals surface area contributed by atoms with Gasteiger partial charge in [0.25, 0.3) is 5.91 Å². The number of amides is 1. The van der Waals surface area contributed by atoms with Gasteiger partial charge in [-0.2, -0.15) is 0 Å². The maximum atomic E-state index is 12.2. The highest BCUT2D eigenvalue weighted by Gasteiger charge is 2.14. The molecule has 1 heterocycles. The first-order valence-electron chi connectivity index (χ1n) is 6.06. The number of aromatic nitrogens is 1. The average molecular weight is 270 g/mol. The number of carbonyl (C=O) groups excluding carboxylic acids is 1. The minimum absolute atomic E-state index is 0.0177. The van der Waals surface area contributed by atoms with Crippen LogP contribution in [0.2, 0.25) is 5.15 Å². The summed E-state index contributed by atoms with van der Waals surface area (Å²) < 4.78 is 0. The molecule has 1 rings (SSSR count). The van der Waals surface area contributed by atoms with Crippen molar-refractivity contribution in [2.24, 2.45) is 0 Å². The molecule has 0 aliphatic carbocycles. The Kier molecular flexibility index (Phi) is 5.41. The summed E-state index contributed by atoms with van der Waals surface area (Å²) in [5, 5.41) is 0.341. The summed E-state index contributed by atoms with van der Waals surface area (Å²) in [7, 11) is 5.54. The minimum atomic E-state index is -0.0177. The predicted octanol–water partition coefficient (Wildman–Crippen LogP) is 2.67. The van der Waals surface area contributed by atoms with Crippen LogP contribution in [0.1, 0.15) is 30.1 Å². The molecule has 5 heteroatoms. The van der Waals surface area contributed by atoms with Gasteiger partial charge in [0.15, 0.2) is 0 Å². The third-order valence-corrected chi connectivity index (χ3v) is 2.87. The summed E-state index contributed by atoms with van der Waals surface area (Å²) in [6.07, 6.45) is 2.07. The molecular weight excluding hydrogens is 250 g/mol. The Balaban J connectivity index is 2.91. The van der Waals surface area contributed by atoms with Crippen LogP contribution in [0.5, 0.6) is 0 Å². The molecule has 0 fully saturated rings. The number of halogens is 1. The van der Waals surface area contributed by atoms with Gasteiger partial charge in [0.2, 0.25) is 0 Å².